The maximum absolute atomic E-state index is 5.06. The number of fused-ring (bicyclic) bond motifs is 7. The fraction of sp³-hybridized carbons (Fsp3) is 0.0377. The van der Waals surface area contributed by atoms with Crippen molar-refractivity contribution in [3.63, 3.8) is 0 Å². The van der Waals surface area contributed by atoms with Gasteiger partial charge in [-0.3, -0.25) is 4.57 Å². The summed E-state index contributed by atoms with van der Waals surface area (Å²) in [6.45, 7) is 2.19. The number of hydrogen-bond acceptors (Lipinski definition) is 1. The van der Waals surface area contributed by atoms with Crippen molar-refractivity contribution in [3.05, 3.63) is 194 Å². The van der Waals surface area contributed by atoms with Crippen molar-refractivity contribution in [1.29, 1.82) is 0 Å². The normalized spacial score (nSPS) is 11.8. The lowest BCUT2D eigenvalue weighted by Crippen LogP contribution is -2.01. The molecule has 0 aliphatic rings. The third-order valence-corrected chi connectivity index (χ3v) is 11.5. The van der Waals surface area contributed by atoms with Gasteiger partial charge in [-0.05, 0) is 106 Å². The van der Waals surface area contributed by atoms with Crippen molar-refractivity contribution in [3.8, 4) is 39.1 Å². The summed E-state index contributed by atoms with van der Waals surface area (Å²) >= 11 is 0. The SMILES string of the molecule is CCc1nc2ccccc2n1-c1ccc(-c2c3ccccc3c(-c3cccc4c3ccc3ccccc34)c3ccc(-c4ccccc4)cc23)c2ccccc12. The molecule has 258 valence electrons. The van der Waals surface area contributed by atoms with Crippen molar-refractivity contribution in [2.24, 2.45) is 0 Å². The highest BCUT2D eigenvalue weighted by atomic mass is 15.1. The first-order valence-corrected chi connectivity index (χ1v) is 19.2. The van der Waals surface area contributed by atoms with E-state index in [-0.39, 0.29) is 0 Å². The van der Waals surface area contributed by atoms with E-state index in [4.69, 9.17) is 4.98 Å². The number of rotatable bonds is 5. The van der Waals surface area contributed by atoms with E-state index in [0.29, 0.717) is 0 Å². The van der Waals surface area contributed by atoms with Crippen molar-refractivity contribution < 1.29 is 0 Å². The number of aromatic nitrogens is 2. The minimum absolute atomic E-state index is 0.841. The van der Waals surface area contributed by atoms with Gasteiger partial charge in [-0.1, -0.05) is 171 Å². The molecule has 11 rings (SSSR count). The average molecular weight is 701 g/mol. The Hall–Kier alpha value is -7.03. The van der Waals surface area contributed by atoms with E-state index in [1.807, 2.05) is 0 Å². The molecular formula is C53H36N2. The lowest BCUT2D eigenvalue weighted by Gasteiger charge is -2.21. The molecule has 55 heavy (non-hydrogen) atoms. The predicted molar refractivity (Wildman–Crippen MR) is 234 cm³/mol. The van der Waals surface area contributed by atoms with Crippen molar-refractivity contribution in [1.82, 2.24) is 9.55 Å². The molecule has 0 radical (unpaired) electrons. The summed E-state index contributed by atoms with van der Waals surface area (Å²) in [5.41, 5.74) is 10.7. The highest BCUT2D eigenvalue weighted by Crippen LogP contribution is 2.48. The minimum atomic E-state index is 0.841. The lowest BCUT2D eigenvalue weighted by atomic mass is 9.82. The van der Waals surface area contributed by atoms with Crippen LogP contribution in [0, 0.1) is 0 Å². The molecule has 0 saturated carbocycles. The standard InChI is InChI=1S/C53H36N2/c1-2-51-54-48-25-12-13-26-50(48)55(51)49-32-31-45(39-19-8-9-20-41(39)49)53-44-22-11-10-21-43(44)52(46-30-28-36(33-47(46)53)34-15-4-3-5-16-34)42-24-14-23-38-37-18-7-6-17-35(37)27-29-40(38)42/h3-33H,2H2,1H3. The zero-order valence-corrected chi connectivity index (χ0v) is 30.5. The molecule has 0 unspecified atom stereocenters. The summed E-state index contributed by atoms with van der Waals surface area (Å²) in [7, 11) is 0. The van der Waals surface area contributed by atoms with Crippen LogP contribution in [0.25, 0.3) is 104 Å². The van der Waals surface area contributed by atoms with Gasteiger partial charge in [-0.25, -0.2) is 4.98 Å². The van der Waals surface area contributed by atoms with Crippen LogP contribution in [0.5, 0.6) is 0 Å². The average Bonchev–Trinajstić information content (AvgIpc) is 3.64. The smallest absolute Gasteiger partial charge is 0.114 e. The summed E-state index contributed by atoms with van der Waals surface area (Å²) in [6.07, 6.45) is 0.841. The maximum atomic E-state index is 5.06. The number of nitrogens with zero attached hydrogens (tertiary/aromatic N) is 2. The summed E-state index contributed by atoms with van der Waals surface area (Å²) in [6, 6.07) is 69.1. The van der Waals surface area contributed by atoms with Gasteiger partial charge in [-0.2, -0.15) is 0 Å². The topological polar surface area (TPSA) is 17.8 Å². The van der Waals surface area contributed by atoms with Gasteiger partial charge < -0.3 is 0 Å². The Morgan fingerprint density at radius 3 is 1.82 bits per heavy atom. The van der Waals surface area contributed by atoms with Crippen LogP contribution in [0.15, 0.2) is 188 Å². The Labute approximate surface area is 319 Å². The molecule has 0 spiro atoms. The molecule has 0 atom stereocenters. The third kappa shape index (κ3) is 4.85. The molecule has 0 amide bonds. The second-order valence-corrected chi connectivity index (χ2v) is 14.5. The molecule has 1 heterocycles. The van der Waals surface area contributed by atoms with E-state index in [0.717, 1.165) is 29.0 Å². The van der Waals surface area contributed by atoms with Crippen LogP contribution in [0.4, 0.5) is 0 Å². The summed E-state index contributed by atoms with van der Waals surface area (Å²) in [5.74, 6) is 1.06. The van der Waals surface area contributed by atoms with E-state index >= 15 is 0 Å². The Morgan fingerprint density at radius 1 is 0.400 bits per heavy atom. The van der Waals surface area contributed by atoms with E-state index in [2.05, 4.69) is 200 Å². The zero-order chi connectivity index (χ0) is 36.5. The molecule has 2 heteroatoms. The molecule has 0 aliphatic heterocycles. The molecule has 0 saturated heterocycles. The molecule has 0 fully saturated rings. The van der Waals surface area contributed by atoms with Gasteiger partial charge in [-0.15, -0.1) is 0 Å². The lowest BCUT2D eigenvalue weighted by molar-refractivity contribution is 0.913. The fourth-order valence-electron chi connectivity index (χ4n) is 9.11. The van der Waals surface area contributed by atoms with Gasteiger partial charge in [0.1, 0.15) is 5.82 Å². The first kappa shape index (κ1) is 31.5. The van der Waals surface area contributed by atoms with Crippen LogP contribution in [0.3, 0.4) is 0 Å². The van der Waals surface area contributed by atoms with Crippen LogP contribution in [0.1, 0.15) is 12.7 Å². The van der Waals surface area contributed by atoms with Crippen LogP contribution in [-0.2, 0) is 6.42 Å². The number of hydrogen-bond donors (Lipinski definition) is 0. The second kappa shape index (κ2) is 12.5. The van der Waals surface area contributed by atoms with Gasteiger partial charge in [0, 0.05) is 11.8 Å². The molecule has 11 aromatic rings. The molecule has 0 aliphatic carbocycles. The molecule has 10 aromatic carbocycles. The van der Waals surface area contributed by atoms with Crippen LogP contribution >= 0.6 is 0 Å². The summed E-state index contributed by atoms with van der Waals surface area (Å²) in [5, 5.41) is 12.5. The van der Waals surface area contributed by atoms with Crippen molar-refractivity contribution in [2.75, 3.05) is 0 Å². The maximum Gasteiger partial charge on any atom is 0.114 e. The highest BCUT2D eigenvalue weighted by molar-refractivity contribution is 6.27. The monoisotopic (exact) mass is 700 g/mol. The number of para-hydroxylation sites is 2. The Kier molecular flexibility index (Phi) is 7.18. The van der Waals surface area contributed by atoms with Crippen molar-refractivity contribution >= 4 is 64.9 Å². The second-order valence-electron chi connectivity index (χ2n) is 14.5. The summed E-state index contributed by atoms with van der Waals surface area (Å²) in [4.78, 5) is 5.06. The van der Waals surface area contributed by atoms with E-state index in [1.165, 1.54) is 87.2 Å². The van der Waals surface area contributed by atoms with Gasteiger partial charge >= 0.3 is 0 Å². The summed E-state index contributed by atoms with van der Waals surface area (Å²) < 4.78 is 2.36. The molecule has 0 N–H and O–H groups in total. The van der Waals surface area contributed by atoms with E-state index < -0.39 is 0 Å². The van der Waals surface area contributed by atoms with Gasteiger partial charge in [0.25, 0.3) is 0 Å². The van der Waals surface area contributed by atoms with Gasteiger partial charge in [0.2, 0.25) is 0 Å². The molecule has 2 nitrogen and oxygen atoms in total. The van der Waals surface area contributed by atoms with E-state index in [1.54, 1.807) is 0 Å². The molecule has 1 aromatic heterocycles. The van der Waals surface area contributed by atoms with Gasteiger partial charge in [0.05, 0.1) is 16.7 Å². The number of aryl methyl sites for hydroxylation is 1. The van der Waals surface area contributed by atoms with Crippen molar-refractivity contribution in [2.45, 2.75) is 13.3 Å². The quantitative estimate of drug-likeness (QED) is 0.129. The molecule has 0 bridgehead atoms. The first-order chi connectivity index (χ1) is 27.3. The Balaban J connectivity index is 1.27. The van der Waals surface area contributed by atoms with Crippen LogP contribution < -0.4 is 0 Å². The largest absolute Gasteiger partial charge is 0.296 e. The van der Waals surface area contributed by atoms with Crippen LogP contribution in [0.2, 0.25) is 0 Å². The third-order valence-electron chi connectivity index (χ3n) is 11.5. The predicted octanol–water partition coefficient (Wildman–Crippen LogP) is 14.4. The fourth-order valence-corrected chi connectivity index (χ4v) is 9.11. The first-order valence-electron chi connectivity index (χ1n) is 19.2. The number of imidazole rings is 1. The Morgan fingerprint density at radius 2 is 1.00 bits per heavy atom. The zero-order valence-electron chi connectivity index (χ0n) is 30.5. The van der Waals surface area contributed by atoms with E-state index in [9.17, 15) is 0 Å². The highest BCUT2D eigenvalue weighted by Gasteiger charge is 2.22. The van der Waals surface area contributed by atoms with Gasteiger partial charge in [0.15, 0.2) is 0 Å². The number of benzene rings is 10. The van der Waals surface area contributed by atoms with Crippen LogP contribution in [-0.4, -0.2) is 9.55 Å². The minimum Gasteiger partial charge on any atom is -0.296 e. The Bertz CT molecular complexity index is 3300. The molecular weight excluding hydrogens is 665 g/mol.